The lowest BCUT2D eigenvalue weighted by molar-refractivity contribution is -0.116. The van der Waals surface area contributed by atoms with Gasteiger partial charge in [-0.05, 0) is 39.3 Å². The Morgan fingerprint density at radius 1 is 1.27 bits per heavy atom. The van der Waals surface area contributed by atoms with Crippen LogP contribution in [0.3, 0.4) is 0 Å². The summed E-state index contributed by atoms with van der Waals surface area (Å²) in [7, 11) is 0. The molecule has 22 heavy (non-hydrogen) atoms. The maximum Gasteiger partial charge on any atom is 0.337 e. The average molecular weight is 302 g/mol. The number of carboxylic acid groups (broad SMARTS) is 1. The summed E-state index contributed by atoms with van der Waals surface area (Å²) in [5, 5.41) is 15.7. The van der Waals surface area contributed by atoms with Gasteiger partial charge in [0.15, 0.2) is 0 Å². The number of amides is 1. The van der Waals surface area contributed by atoms with E-state index in [0.717, 1.165) is 16.8 Å². The predicted molar refractivity (Wildman–Crippen MR) is 81.1 cm³/mol. The molecule has 0 unspecified atom stereocenters. The molecule has 0 atom stereocenters. The Labute approximate surface area is 128 Å². The van der Waals surface area contributed by atoms with Gasteiger partial charge in [-0.2, -0.15) is 0 Å². The average Bonchev–Trinajstić information content (AvgIpc) is 2.77. The number of nitrogens with zero attached hydrogens (tertiary/aromatic N) is 1. The highest BCUT2D eigenvalue weighted by Gasteiger charge is 2.14. The van der Waals surface area contributed by atoms with Crippen molar-refractivity contribution in [1.29, 1.82) is 0 Å². The minimum Gasteiger partial charge on any atom is -0.478 e. The van der Waals surface area contributed by atoms with Gasteiger partial charge in [-0.15, -0.1) is 0 Å². The summed E-state index contributed by atoms with van der Waals surface area (Å²) < 4.78 is 5.05. The largest absolute Gasteiger partial charge is 0.478 e. The molecule has 0 fully saturated rings. The Bertz CT molecular complexity index is 699. The maximum absolute atomic E-state index is 12.0. The van der Waals surface area contributed by atoms with Crippen LogP contribution in [-0.2, 0) is 11.2 Å². The molecule has 2 N–H and O–H groups in total. The van der Waals surface area contributed by atoms with Crippen molar-refractivity contribution in [3.8, 4) is 0 Å². The Balaban J connectivity index is 2.05. The van der Waals surface area contributed by atoms with Gasteiger partial charge in [0.25, 0.3) is 0 Å². The van der Waals surface area contributed by atoms with Gasteiger partial charge in [-0.3, -0.25) is 4.79 Å². The molecule has 1 heterocycles. The summed E-state index contributed by atoms with van der Waals surface area (Å²) in [6.07, 6.45) is 0.733. The van der Waals surface area contributed by atoms with Crippen LogP contribution in [0.5, 0.6) is 0 Å². The normalized spacial score (nSPS) is 10.5. The van der Waals surface area contributed by atoms with E-state index in [0.29, 0.717) is 17.9 Å². The number of aryl methyl sites for hydroxylation is 3. The van der Waals surface area contributed by atoms with Crippen molar-refractivity contribution in [2.24, 2.45) is 0 Å². The van der Waals surface area contributed by atoms with Gasteiger partial charge in [-0.1, -0.05) is 16.8 Å². The fourth-order valence-electron chi connectivity index (χ4n) is 2.25. The Morgan fingerprint density at radius 2 is 2.00 bits per heavy atom. The summed E-state index contributed by atoms with van der Waals surface area (Å²) in [6, 6.07) is 4.90. The molecule has 6 nitrogen and oxygen atoms in total. The molecule has 0 aliphatic rings. The second-order valence-corrected chi connectivity index (χ2v) is 5.21. The number of carbonyl (C=O) groups is 2. The van der Waals surface area contributed by atoms with Gasteiger partial charge in [-0.25, -0.2) is 4.79 Å². The fourth-order valence-corrected chi connectivity index (χ4v) is 2.25. The molecule has 0 bridgehead atoms. The van der Waals surface area contributed by atoms with Crippen LogP contribution in [0.15, 0.2) is 22.7 Å². The lowest BCUT2D eigenvalue weighted by Gasteiger charge is -2.09. The van der Waals surface area contributed by atoms with Gasteiger partial charge in [0.1, 0.15) is 5.76 Å². The minimum atomic E-state index is -1.07. The third kappa shape index (κ3) is 3.52. The molecule has 1 aromatic heterocycles. The van der Waals surface area contributed by atoms with Crippen molar-refractivity contribution in [3.63, 3.8) is 0 Å². The molecule has 2 rings (SSSR count). The maximum atomic E-state index is 12.0. The minimum absolute atomic E-state index is 0.0886. The summed E-state index contributed by atoms with van der Waals surface area (Å²) in [6.45, 7) is 5.43. The number of rotatable bonds is 5. The van der Waals surface area contributed by atoms with E-state index < -0.39 is 5.97 Å². The van der Waals surface area contributed by atoms with Crippen LogP contribution in [0.25, 0.3) is 0 Å². The van der Waals surface area contributed by atoms with E-state index in [4.69, 9.17) is 4.52 Å². The SMILES string of the molecule is Cc1ccc(NC(=O)CCc2c(C)noc2C)c(C(=O)O)c1. The number of aromatic carboxylic acids is 1. The number of nitrogens with one attached hydrogen (secondary N) is 1. The number of hydrogen-bond acceptors (Lipinski definition) is 4. The van der Waals surface area contributed by atoms with Crippen molar-refractivity contribution in [1.82, 2.24) is 5.16 Å². The second-order valence-electron chi connectivity index (χ2n) is 5.21. The highest BCUT2D eigenvalue weighted by Crippen LogP contribution is 2.19. The van der Waals surface area contributed by atoms with Gasteiger partial charge in [0.05, 0.1) is 16.9 Å². The molecule has 1 amide bonds. The summed E-state index contributed by atoms with van der Waals surface area (Å²) in [5.41, 5.74) is 2.91. The topological polar surface area (TPSA) is 92.4 Å². The van der Waals surface area contributed by atoms with Crippen LogP contribution in [0.1, 0.15) is 39.4 Å². The Kier molecular flexibility index (Phi) is 4.60. The standard InChI is InChI=1S/C16H18N2O4/c1-9-4-6-14(13(8-9)16(20)21)17-15(19)7-5-12-10(2)18-22-11(12)3/h4,6,8H,5,7H2,1-3H3,(H,17,19)(H,20,21). The van der Waals surface area contributed by atoms with Crippen LogP contribution in [0.4, 0.5) is 5.69 Å². The monoisotopic (exact) mass is 302 g/mol. The van der Waals surface area contributed by atoms with Gasteiger partial charge >= 0.3 is 5.97 Å². The molecule has 116 valence electrons. The fraction of sp³-hybridized carbons (Fsp3) is 0.312. The molecular formula is C16H18N2O4. The van der Waals surface area contributed by atoms with E-state index >= 15 is 0 Å². The number of hydrogen-bond donors (Lipinski definition) is 2. The highest BCUT2D eigenvalue weighted by atomic mass is 16.5. The van der Waals surface area contributed by atoms with E-state index in [-0.39, 0.29) is 17.9 Å². The van der Waals surface area contributed by atoms with Gasteiger partial charge < -0.3 is 14.9 Å². The molecule has 6 heteroatoms. The van der Waals surface area contributed by atoms with Crippen LogP contribution in [-0.4, -0.2) is 22.1 Å². The first-order valence-electron chi connectivity index (χ1n) is 6.94. The third-order valence-electron chi connectivity index (χ3n) is 3.46. The smallest absolute Gasteiger partial charge is 0.337 e. The van der Waals surface area contributed by atoms with E-state index in [2.05, 4.69) is 10.5 Å². The van der Waals surface area contributed by atoms with E-state index in [1.807, 2.05) is 6.92 Å². The van der Waals surface area contributed by atoms with Crippen molar-refractivity contribution in [2.45, 2.75) is 33.6 Å². The predicted octanol–water partition coefficient (Wildman–Crippen LogP) is 2.87. The van der Waals surface area contributed by atoms with Crippen LogP contribution in [0, 0.1) is 20.8 Å². The molecule has 0 spiro atoms. The number of aromatic nitrogens is 1. The van der Waals surface area contributed by atoms with Crippen LogP contribution < -0.4 is 5.32 Å². The molecule has 1 aromatic carbocycles. The first kappa shape index (κ1) is 15.8. The molecule has 0 aliphatic heterocycles. The molecular weight excluding hydrogens is 284 g/mol. The van der Waals surface area contributed by atoms with Gasteiger partial charge in [0.2, 0.25) is 5.91 Å². The van der Waals surface area contributed by atoms with Crippen molar-refractivity contribution < 1.29 is 19.2 Å². The second kappa shape index (κ2) is 6.43. The molecule has 0 radical (unpaired) electrons. The number of carbonyl (C=O) groups excluding carboxylic acids is 1. The summed E-state index contributed by atoms with van der Waals surface area (Å²) in [5.74, 6) is -0.608. The van der Waals surface area contributed by atoms with Crippen molar-refractivity contribution in [3.05, 3.63) is 46.3 Å². The van der Waals surface area contributed by atoms with Crippen LogP contribution in [0.2, 0.25) is 0 Å². The third-order valence-corrected chi connectivity index (χ3v) is 3.46. The molecule has 0 aliphatic carbocycles. The lowest BCUT2D eigenvalue weighted by Crippen LogP contribution is -2.15. The number of benzene rings is 1. The Morgan fingerprint density at radius 3 is 2.59 bits per heavy atom. The Hall–Kier alpha value is -2.63. The van der Waals surface area contributed by atoms with Gasteiger partial charge in [0, 0.05) is 12.0 Å². The molecule has 0 saturated carbocycles. The van der Waals surface area contributed by atoms with Crippen molar-refractivity contribution in [2.75, 3.05) is 5.32 Å². The summed E-state index contributed by atoms with van der Waals surface area (Å²) in [4.78, 5) is 23.3. The van der Waals surface area contributed by atoms with E-state index in [9.17, 15) is 14.7 Å². The zero-order valence-corrected chi connectivity index (χ0v) is 12.8. The zero-order chi connectivity index (χ0) is 16.3. The van der Waals surface area contributed by atoms with E-state index in [1.165, 1.54) is 6.07 Å². The molecule has 0 saturated heterocycles. The molecule has 2 aromatic rings. The van der Waals surface area contributed by atoms with Crippen molar-refractivity contribution >= 4 is 17.6 Å². The first-order chi connectivity index (χ1) is 10.4. The van der Waals surface area contributed by atoms with Crippen LogP contribution >= 0.6 is 0 Å². The quantitative estimate of drug-likeness (QED) is 0.886. The summed E-state index contributed by atoms with van der Waals surface area (Å²) >= 11 is 0. The highest BCUT2D eigenvalue weighted by molar-refractivity contribution is 6.00. The zero-order valence-electron chi connectivity index (χ0n) is 12.8. The van der Waals surface area contributed by atoms with E-state index in [1.54, 1.807) is 26.0 Å². The number of anilines is 1. The first-order valence-corrected chi connectivity index (χ1v) is 6.94. The number of carboxylic acids is 1. The lowest BCUT2D eigenvalue weighted by atomic mass is 10.1.